The highest BCUT2D eigenvalue weighted by atomic mass is 14.7. The zero-order valence-electron chi connectivity index (χ0n) is 11.2. The van der Waals surface area contributed by atoms with E-state index < -0.39 is 0 Å². The van der Waals surface area contributed by atoms with Gasteiger partial charge in [-0.05, 0) is 30.7 Å². The summed E-state index contributed by atoms with van der Waals surface area (Å²) < 4.78 is 0. The summed E-state index contributed by atoms with van der Waals surface area (Å²) in [7, 11) is 0. The van der Waals surface area contributed by atoms with Gasteiger partial charge in [-0.25, -0.2) is 0 Å². The second kappa shape index (κ2) is 5.68. The molecule has 1 aliphatic carbocycles. The summed E-state index contributed by atoms with van der Waals surface area (Å²) in [5, 5.41) is 0. The van der Waals surface area contributed by atoms with E-state index in [9.17, 15) is 0 Å². The van der Waals surface area contributed by atoms with Crippen LogP contribution in [0.1, 0.15) is 56.2 Å². The predicted octanol–water partition coefficient (Wildman–Crippen LogP) is 4.21. The minimum Gasteiger partial charge on any atom is -0.324 e. The van der Waals surface area contributed by atoms with Gasteiger partial charge in [-0.3, -0.25) is 0 Å². The zero-order chi connectivity index (χ0) is 12.3. The molecular weight excluding hydrogens is 206 g/mol. The molecule has 1 nitrogen and oxygen atoms in total. The standard InChI is InChI=1S/C16H25N/c1-3-13-6-4-5-7-15(13)16(17)14-10-8-12(2)9-11-14/h8-11,13,15-16H,3-7,17H2,1-2H3. The van der Waals surface area contributed by atoms with Crippen LogP contribution in [-0.4, -0.2) is 0 Å². The molecule has 0 radical (unpaired) electrons. The second-order valence-corrected chi connectivity index (χ2v) is 5.55. The summed E-state index contributed by atoms with van der Waals surface area (Å²) in [5.74, 6) is 1.52. The highest BCUT2D eigenvalue weighted by Gasteiger charge is 2.29. The third kappa shape index (κ3) is 2.90. The van der Waals surface area contributed by atoms with Crippen molar-refractivity contribution in [2.24, 2.45) is 17.6 Å². The van der Waals surface area contributed by atoms with Crippen LogP contribution in [0.15, 0.2) is 24.3 Å². The van der Waals surface area contributed by atoms with Gasteiger partial charge in [-0.15, -0.1) is 0 Å². The van der Waals surface area contributed by atoms with Crippen molar-refractivity contribution in [3.8, 4) is 0 Å². The first-order chi connectivity index (χ1) is 8.22. The number of aryl methyl sites for hydroxylation is 1. The summed E-state index contributed by atoms with van der Waals surface area (Å²) in [6.45, 7) is 4.44. The molecular formula is C16H25N. The first-order valence-corrected chi connectivity index (χ1v) is 7.04. The van der Waals surface area contributed by atoms with E-state index in [1.165, 1.54) is 43.2 Å². The molecule has 3 unspecified atom stereocenters. The van der Waals surface area contributed by atoms with E-state index in [2.05, 4.69) is 38.1 Å². The maximum absolute atomic E-state index is 6.49. The number of rotatable bonds is 3. The maximum Gasteiger partial charge on any atom is 0.0326 e. The lowest BCUT2D eigenvalue weighted by Crippen LogP contribution is -2.30. The Labute approximate surface area is 105 Å². The Balaban J connectivity index is 2.12. The molecule has 0 spiro atoms. The molecule has 1 aromatic rings. The molecule has 0 bridgehead atoms. The summed E-state index contributed by atoms with van der Waals surface area (Å²) >= 11 is 0. The molecule has 0 saturated heterocycles. The van der Waals surface area contributed by atoms with Gasteiger partial charge in [0.1, 0.15) is 0 Å². The third-order valence-electron chi connectivity index (χ3n) is 4.42. The van der Waals surface area contributed by atoms with E-state index >= 15 is 0 Å². The molecule has 0 amide bonds. The molecule has 1 aliphatic rings. The van der Waals surface area contributed by atoms with Crippen LogP contribution in [0, 0.1) is 18.8 Å². The molecule has 2 N–H and O–H groups in total. The van der Waals surface area contributed by atoms with E-state index in [0.29, 0.717) is 5.92 Å². The fourth-order valence-electron chi connectivity index (χ4n) is 3.25. The smallest absolute Gasteiger partial charge is 0.0326 e. The molecule has 1 fully saturated rings. The zero-order valence-corrected chi connectivity index (χ0v) is 11.2. The Morgan fingerprint density at radius 2 is 1.82 bits per heavy atom. The maximum atomic E-state index is 6.49. The fourth-order valence-corrected chi connectivity index (χ4v) is 3.25. The molecule has 3 atom stereocenters. The molecule has 2 rings (SSSR count). The Morgan fingerprint density at radius 3 is 2.47 bits per heavy atom. The van der Waals surface area contributed by atoms with Crippen LogP contribution in [0.3, 0.4) is 0 Å². The topological polar surface area (TPSA) is 26.0 Å². The van der Waals surface area contributed by atoms with Crippen molar-refractivity contribution >= 4 is 0 Å². The summed E-state index contributed by atoms with van der Waals surface area (Å²) in [4.78, 5) is 0. The largest absolute Gasteiger partial charge is 0.324 e. The first-order valence-electron chi connectivity index (χ1n) is 7.04. The Hall–Kier alpha value is -0.820. The van der Waals surface area contributed by atoms with E-state index in [0.717, 1.165) is 5.92 Å². The molecule has 94 valence electrons. The average molecular weight is 231 g/mol. The number of hydrogen-bond acceptors (Lipinski definition) is 1. The van der Waals surface area contributed by atoms with Crippen LogP contribution in [0.4, 0.5) is 0 Å². The van der Waals surface area contributed by atoms with Crippen molar-refractivity contribution in [1.82, 2.24) is 0 Å². The van der Waals surface area contributed by atoms with Gasteiger partial charge in [-0.2, -0.15) is 0 Å². The molecule has 0 aliphatic heterocycles. The van der Waals surface area contributed by atoms with E-state index in [4.69, 9.17) is 5.73 Å². The van der Waals surface area contributed by atoms with Crippen molar-refractivity contribution in [2.45, 2.75) is 52.0 Å². The molecule has 17 heavy (non-hydrogen) atoms. The predicted molar refractivity (Wildman–Crippen MR) is 73.8 cm³/mol. The van der Waals surface area contributed by atoms with Crippen molar-refractivity contribution in [2.75, 3.05) is 0 Å². The van der Waals surface area contributed by atoms with Crippen LogP contribution >= 0.6 is 0 Å². The van der Waals surface area contributed by atoms with Crippen molar-refractivity contribution in [3.05, 3.63) is 35.4 Å². The average Bonchev–Trinajstić information content (AvgIpc) is 2.39. The van der Waals surface area contributed by atoms with Gasteiger partial charge in [0.25, 0.3) is 0 Å². The van der Waals surface area contributed by atoms with Crippen LogP contribution in [0.2, 0.25) is 0 Å². The lowest BCUT2D eigenvalue weighted by molar-refractivity contribution is 0.196. The van der Waals surface area contributed by atoms with Gasteiger partial charge < -0.3 is 5.73 Å². The minimum absolute atomic E-state index is 0.237. The van der Waals surface area contributed by atoms with Crippen molar-refractivity contribution < 1.29 is 0 Å². The van der Waals surface area contributed by atoms with Crippen LogP contribution in [-0.2, 0) is 0 Å². The third-order valence-corrected chi connectivity index (χ3v) is 4.42. The molecule has 0 aromatic heterocycles. The quantitative estimate of drug-likeness (QED) is 0.828. The van der Waals surface area contributed by atoms with Crippen molar-refractivity contribution in [1.29, 1.82) is 0 Å². The van der Waals surface area contributed by atoms with Gasteiger partial charge in [0.15, 0.2) is 0 Å². The summed E-state index contributed by atoms with van der Waals surface area (Å²) in [6.07, 6.45) is 6.73. The van der Waals surface area contributed by atoms with Gasteiger partial charge >= 0.3 is 0 Å². The lowest BCUT2D eigenvalue weighted by atomic mass is 9.72. The summed E-state index contributed by atoms with van der Waals surface area (Å²) in [5.41, 5.74) is 9.12. The van der Waals surface area contributed by atoms with Crippen LogP contribution in [0.5, 0.6) is 0 Å². The van der Waals surface area contributed by atoms with Gasteiger partial charge in [0.05, 0.1) is 0 Å². The van der Waals surface area contributed by atoms with Gasteiger partial charge in [0.2, 0.25) is 0 Å². The van der Waals surface area contributed by atoms with E-state index in [-0.39, 0.29) is 6.04 Å². The summed E-state index contributed by atoms with van der Waals surface area (Å²) in [6, 6.07) is 9.02. The van der Waals surface area contributed by atoms with Crippen LogP contribution in [0.25, 0.3) is 0 Å². The monoisotopic (exact) mass is 231 g/mol. The Kier molecular flexibility index (Phi) is 4.22. The SMILES string of the molecule is CCC1CCCCC1C(N)c1ccc(C)cc1. The minimum atomic E-state index is 0.237. The van der Waals surface area contributed by atoms with Crippen molar-refractivity contribution in [3.63, 3.8) is 0 Å². The highest BCUT2D eigenvalue weighted by Crippen LogP contribution is 2.39. The number of benzene rings is 1. The van der Waals surface area contributed by atoms with E-state index in [1.54, 1.807) is 0 Å². The lowest BCUT2D eigenvalue weighted by Gasteiger charge is -2.35. The molecule has 1 saturated carbocycles. The second-order valence-electron chi connectivity index (χ2n) is 5.55. The van der Waals surface area contributed by atoms with Gasteiger partial charge in [0, 0.05) is 6.04 Å². The number of hydrogen-bond donors (Lipinski definition) is 1. The fraction of sp³-hybridized carbons (Fsp3) is 0.625. The Bertz CT molecular complexity index is 341. The molecule has 1 aromatic carbocycles. The Morgan fingerprint density at radius 1 is 1.18 bits per heavy atom. The molecule has 0 heterocycles. The normalized spacial score (nSPS) is 26.8. The van der Waals surface area contributed by atoms with E-state index in [1.807, 2.05) is 0 Å². The highest BCUT2D eigenvalue weighted by molar-refractivity contribution is 5.24. The molecule has 1 heteroatoms. The van der Waals surface area contributed by atoms with Crippen LogP contribution < -0.4 is 5.73 Å². The first kappa shape index (κ1) is 12.6. The number of nitrogens with two attached hydrogens (primary N) is 1. The van der Waals surface area contributed by atoms with Gasteiger partial charge in [-0.1, -0.05) is 62.4 Å².